The van der Waals surface area contributed by atoms with Crippen LogP contribution in [-0.2, 0) is 16.2 Å². The van der Waals surface area contributed by atoms with Gasteiger partial charge in [0.05, 0.1) is 21.8 Å². The van der Waals surface area contributed by atoms with Gasteiger partial charge in [-0.05, 0) is 31.9 Å². The number of nitrogens with one attached hydrogen (secondary N) is 1. The molecule has 0 saturated heterocycles. The number of aromatic nitrogens is 5. The monoisotopic (exact) mass is 550 g/mol. The Morgan fingerprint density at radius 1 is 1.11 bits per heavy atom. The number of nitrogens with zero attached hydrogens (tertiary/aromatic N) is 5. The zero-order chi connectivity index (χ0) is 27.4. The zero-order valence-electron chi connectivity index (χ0n) is 19.9. The molecule has 1 N–H and O–H groups in total. The third-order valence-electron chi connectivity index (χ3n) is 4.61. The van der Waals surface area contributed by atoms with E-state index in [4.69, 9.17) is 42.7 Å². The Kier molecular flexibility index (Phi) is 8.36. The summed E-state index contributed by atoms with van der Waals surface area (Å²) in [5.41, 5.74) is -2.57. The van der Waals surface area contributed by atoms with Crippen molar-refractivity contribution in [3.05, 3.63) is 70.7 Å². The van der Waals surface area contributed by atoms with Gasteiger partial charge in [0, 0.05) is 11.6 Å². The van der Waals surface area contributed by atoms with E-state index in [1.165, 1.54) is 18.2 Å². The molecule has 1 aromatic carbocycles. The van der Waals surface area contributed by atoms with E-state index in [0.29, 0.717) is 5.56 Å². The van der Waals surface area contributed by atoms with Gasteiger partial charge in [0.1, 0.15) is 6.07 Å². The minimum absolute atomic E-state index is 0.0398. The molecule has 15 heteroatoms. The minimum atomic E-state index is -0.978. The van der Waals surface area contributed by atoms with Crippen molar-refractivity contribution < 1.29 is 19.0 Å². The van der Waals surface area contributed by atoms with Crippen molar-refractivity contribution in [2.75, 3.05) is 0 Å². The molecule has 0 aliphatic rings. The molecule has 0 atom stereocenters. The molecule has 0 fully saturated rings. The van der Waals surface area contributed by atoms with Crippen molar-refractivity contribution >= 4 is 29.4 Å². The molecule has 0 unspecified atom stereocenters. The van der Waals surface area contributed by atoms with Gasteiger partial charge in [0.15, 0.2) is 12.5 Å². The Balaban J connectivity index is 1.99. The molecular weight excluding hydrogens is 531 g/mol. The third-order valence-corrected chi connectivity index (χ3v) is 5.17. The average Bonchev–Trinajstić information content (AvgIpc) is 2.80. The normalized spacial score (nSPS) is 10.9. The molecule has 0 radical (unpaired) electrons. The van der Waals surface area contributed by atoms with Gasteiger partial charge in [-0.25, -0.2) is 9.59 Å². The summed E-state index contributed by atoms with van der Waals surface area (Å²) in [4.78, 5) is 50.3. The molecule has 3 aromatic rings. The Morgan fingerprint density at radius 2 is 1.76 bits per heavy atom. The second-order valence-corrected chi connectivity index (χ2v) is 8.87. The van der Waals surface area contributed by atoms with E-state index < -0.39 is 41.5 Å². The van der Waals surface area contributed by atoms with Crippen LogP contribution < -0.4 is 21.5 Å². The van der Waals surface area contributed by atoms with Crippen LogP contribution in [0, 0.1) is 11.3 Å². The molecular formula is C22H20Cl2N6O7. The number of benzene rings is 1. The number of ether oxygens (including phenoxy) is 3. The lowest BCUT2D eigenvalue weighted by molar-refractivity contribution is 0.0116. The van der Waals surface area contributed by atoms with E-state index in [-0.39, 0.29) is 33.3 Å². The molecule has 13 nitrogen and oxygen atoms in total. The van der Waals surface area contributed by atoms with Crippen LogP contribution in [0.3, 0.4) is 0 Å². The number of carbonyl (C=O) groups is 1. The predicted octanol–water partition coefficient (Wildman–Crippen LogP) is 3.09. The summed E-state index contributed by atoms with van der Waals surface area (Å²) in [6.07, 6.45) is -1.40. The van der Waals surface area contributed by atoms with Crippen molar-refractivity contribution in [2.24, 2.45) is 0 Å². The summed E-state index contributed by atoms with van der Waals surface area (Å²) < 4.78 is 17.2. The fourth-order valence-corrected chi connectivity index (χ4v) is 3.50. The summed E-state index contributed by atoms with van der Waals surface area (Å²) in [5, 5.41) is 16.6. The van der Waals surface area contributed by atoms with Crippen LogP contribution in [0.25, 0.3) is 5.69 Å². The Hall–Kier alpha value is -4.15. The van der Waals surface area contributed by atoms with Crippen LogP contribution in [-0.4, -0.2) is 36.8 Å². The van der Waals surface area contributed by atoms with Crippen LogP contribution in [0.4, 0.5) is 4.79 Å². The smallest absolute Gasteiger partial charge is 0.434 e. The van der Waals surface area contributed by atoms with Gasteiger partial charge in [-0.3, -0.25) is 14.6 Å². The summed E-state index contributed by atoms with van der Waals surface area (Å²) in [6, 6.07) is 5.50. The minimum Gasteiger partial charge on any atom is -0.434 e. The molecule has 0 aliphatic carbocycles. The standard InChI is InChI=1S/C22H20Cl2N6O7/c1-10(2)13-7-17(28-29(20(13)32)9-35-22(34)36-11(3)4)37-18-14(23)5-12(6-15(18)24)30-21(33)26-19(31)16(8-25)27-30/h5-7,10-11H,9H2,1-4H3,(H,26,31,33). The maximum atomic E-state index is 12.8. The first-order valence-electron chi connectivity index (χ1n) is 10.7. The van der Waals surface area contributed by atoms with E-state index in [9.17, 15) is 19.2 Å². The zero-order valence-corrected chi connectivity index (χ0v) is 21.5. The van der Waals surface area contributed by atoms with Crippen LogP contribution >= 0.6 is 23.2 Å². The first kappa shape index (κ1) is 27.4. The van der Waals surface area contributed by atoms with Gasteiger partial charge in [-0.2, -0.15) is 14.6 Å². The summed E-state index contributed by atoms with van der Waals surface area (Å²) >= 11 is 12.7. The number of halogens is 2. The van der Waals surface area contributed by atoms with Gasteiger partial charge >= 0.3 is 11.8 Å². The first-order chi connectivity index (χ1) is 17.4. The number of aromatic amines is 1. The second-order valence-electron chi connectivity index (χ2n) is 8.06. The lowest BCUT2D eigenvalue weighted by atomic mass is 10.1. The number of nitriles is 1. The Morgan fingerprint density at radius 3 is 2.32 bits per heavy atom. The van der Waals surface area contributed by atoms with Crippen LogP contribution in [0.15, 0.2) is 32.6 Å². The van der Waals surface area contributed by atoms with Gasteiger partial charge in [-0.1, -0.05) is 37.0 Å². The quantitative estimate of drug-likeness (QED) is 0.430. The SMILES string of the molecule is CC(C)OC(=O)OCn1nc(Oc2c(Cl)cc(-n3nc(C#N)c(=O)[nH]c3=O)cc2Cl)cc(C(C)C)c1=O. The van der Waals surface area contributed by atoms with Crippen molar-refractivity contribution in [3.8, 4) is 23.4 Å². The third kappa shape index (κ3) is 6.35. The Labute approximate surface area is 218 Å². The van der Waals surface area contributed by atoms with E-state index in [0.717, 1.165) is 9.36 Å². The van der Waals surface area contributed by atoms with Crippen molar-refractivity contribution in [1.29, 1.82) is 5.26 Å². The van der Waals surface area contributed by atoms with Crippen LogP contribution in [0.1, 0.15) is 44.9 Å². The van der Waals surface area contributed by atoms with E-state index in [1.54, 1.807) is 33.8 Å². The first-order valence-corrected chi connectivity index (χ1v) is 11.4. The van der Waals surface area contributed by atoms with Crippen LogP contribution in [0.2, 0.25) is 10.0 Å². The highest BCUT2D eigenvalue weighted by Crippen LogP contribution is 2.37. The predicted molar refractivity (Wildman–Crippen MR) is 131 cm³/mol. The van der Waals surface area contributed by atoms with Gasteiger partial charge in [0.2, 0.25) is 11.6 Å². The number of hydrogen-bond donors (Lipinski definition) is 1. The molecule has 0 saturated carbocycles. The fourth-order valence-electron chi connectivity index (χ4n) is 2.95. The molecule has 2 heterocycles. The van der Waals surface area contributed by atoms with E-state index in [2.05, 4.69) is 10.2 Å². The lowest BCUT2D eigenvalue weighted by Crippen LogP contribution is -2.33. The van der Waals surface area contributed by atoms with Gasteiger partial charge in [-0.15, -0.1) is 10.2 Å². The van der Waals surface area contributed by atoms with Crippen molar-refractivity contribution in [3.63, 3.8) is 0 Å². The topological polar surface area (TPSA) is 171 Å². The summed E-state index contributed by atoms with van der Waals surface area (Å²) in [5.74, 6) is -0.406. The molecule has 37 heavy (non-hydrogen) atoms. The Bertz CT molecular complexity index is 1550. The molecule has 0 amide bonds. The fraction of sp³-hybridized carbons (Fsp3) is 0.318. The van der Waals surface area contributed by atoms with Gasteiger partial charge < -0.3 is 14.2 Å². The van der Waals surface area contributed by atoms with Crippen molar-refractivity contribution in [1.82, 2.24) is 24.5 Å². The molecule has 0 aliphatic heterocycles. The average molecular weight is 551 g/mol. The summed E-state index contributed by atoms with van der Waals surface area (Å²) in [7, 11) is 0. The molecule has 0 bridgehead atoms. The lowest BCUT2D eigenvalue weighted by Gasteiger charge is -2.15. The number of hydrogen-bond acceptors (Lipinski definition) is 10. The molecule has 194 valence electrons. The molecule has 3 rings (SSSR count). The number of H-pyrrole nitrogens is 1. The van der Waals surface area contributed by atoms with Crippen LogP contribution in [0.5, 0.6) is 11.6 Å². The highest BCUT2D eigenvalue weighted by Gasteiger charge is 2.19. The summed E-state index contributed by atoms with van der Waals surface area (Å²) in [6.45, 7) is 6.29. The molecule has 2 aromatic heterocycles. The maximum absolute atomic E-state index is 12.8. The maximum Gasteiger partial charge on any atom is 0.510 e. The van der Waals surface area contributed by atoms with Crippen molar-refractivity contribution in [2.45, 2.75) is 46.4 Å². The number of rotatable bonds is 7. The number of carbonyl (C=O) groups excluding carboxylic acids is 1. The largest absolute Gasteiger partial charge is 0.510 e. The molecule has 0 spiro atoms. The van der Waals surface area contributed by atoms with Gasteiger partial charge in [0.25, 0.3) is 11.1 Å². The van der Waals surface area contributed by atoms with E-state index in [1.807, 2.05) is 4.98 Å². The highest BCUT2D eigenvalue weighted by atomic mass is 35.5. The second kappa shape index (κ2) is 11.3. The van der Waals surface area contributed by atoms with E-state index >= 15 is 0 Å². The highest BCUT2D eigenvalue weighted by molar-refractivity contribution is 6.37.